The lowest BCUT2D eigenvalue weighted by Gasteiger charge is -2.36. The van der Waals surface area contributed by atoms with Gasteiger partial charge in [0.1, 0.15) is 0 Å². The second-order valence-electron chi connectivity index (χ2n) is 9.64. The highest BCUT2D eigenvalue weighted by molar-refractivity contribution is 7.15. The van der Waals surface area contributed by atoms with E-state index in [0.29, 0.717) is 23.3 Å². The number of carbonyl (C=O) groups is 1. The van der Waals surface area contributed by atoms with E-state index in [-0.39, 0.29) is 5.91 Å². The van der Waals surface area contributed by atoms with Gasteiger partial charge in [-0.05, 0) is 54.7 Å². The summed E-state index contributed by atoms with van der Waals surface area (Å²) in [6.07, 6.45) is 6.92. The van der Waals surface area contributed by atoms with Crippen LogP contribution >= 0.6 is 11.3 Å². The molecule has 1 aliphatic carbocycles. The lowest BCUT2D eigenvalue weighted by molar-refractivity contribution is 0.0139. The van der Waals surface area contributed by atoms with Gasteiger partial charge < -0.3 is 10.5 Å². The Balaban J connectivity index is 1.10. The van der Waals surface area contributed by atoms with Crippen molar-refractivity contribution in [3.63, 3.8) is 0 Å². The third-order valence-electron chi connectivity index (χ3n) is 7.11. The maximum atomic E-state index is 13.1. The molecule has 1 atom stereocenters. The zero-order valence-electron chi connectivity index (χ0n) is 20.6. The molecule has 9 heteroatoms. The quantitative estimate of drug-likeness (QED) is 0.376. The predicted molar refractivity (Wildman–Crippen MR) is 146 cm³/mol. The zero-order chi connectivity index (χ0) is 25.2. The van der Waals surface area contributed by atoms with Gasteiger partial charge >= 0.3 is 0 Å². The molecule has 3 heterocycles. The van der Waals surface area contributed by atoms with Crippen LogP contribution in [0.3, 0.4) is 0 Å². The summed E-state index contributed by atoms with van der Waals surface area (Å²) in [5.41, 5.74) is 11.4. The largest absolute Gasteiger partial charge is 0.399 e. The molecule has 0 bridgehead atoms. The van der Waals surface area contributed by atoms with Gasteiger partial charge in [-0.25, -0.2) is 4.98 Å². The minimum Gasteiger partial charge on any atom is -0.399 e. The fraction of sp³-hybridized carbons (Fsp3) is 0.321. The van der Waals surface area contributed by atoms with Crippen LogP contribution in [0.1, 0.15) is 32.9 Å². The third-order valence-corrected chi connectivity index (χ3v) is 8.14. The van der Waals surface area contributed by atoms with Crippen LogP contribution in [0.2, 0.25) is 0 Å². The molecular formula is C28H30N6O2S. The Morgan fingerprint density at radius 1 is 1.14 bits per heavy atom. The molecule has 8 nitrogen and oxygen atoms in total. The molecule has 1 amide bonds. The van der Waals surface area contributed by atoms with Crippen LogP contribution in [0.4, 0.5) is 10.8 Å². The summed E-state index contributed by atoms with van der Waals surface area (Å²) in [6.45, 7) is 4.21. The maximum absolute atomic E-state index is 13.1. The number of benzene rings is 2. The van der Waals surface area contributed by atoms with Gasteiger partial charge in [-0.2, -0.15) is 5.10 Å². The van der Waals surface area contributed by atoms with Gasteiger partial charge in [-0.1, -0.05) is 24.3 Å². The van der Waals surface area contributed by atoms with E-state index in [2.05, 4.69) is 15.3 Å². The molecule has 2 aromatic heterocycles. The Morgan fingerprint density at radius 2 is 1.97 bits per heavy atom. The van der Waals surface area contributed by atoms with Gasteiger partial charge in [0, 0.05) is 47.0 Å². The Bertz CT molecular complexity index is 1390. The fourth-order valence-electron chi connectivity index (χ4n) is 5.11. The number of nitrogens with zero attached hydrogens (tertiary/aromatic N) is 4. The molecule has 0 spiro atoms. The van der Waals surface area contributed by atoms with Crippen molar-refractivity contribution in [2.75, 3.05) is 37.4 Å². The van der Waals surface area contributed by atoms with Crippen molar-refractivity contribution in [1.82, 2.24) is 19.7 Å². The molecular weight excluding hydrogens is 484 g/mol. The number of aryl methyl sites for hydroxylation is 1. The number of rotatable bonds is 6. The minimum atomic E-state index is -0.138. The van der Waals surface area contributed by atoms with Gasteiger partial charge in [0.25, 0.3) is 5.91 Å². The third kappa shape index (κ3) is 5.44. The molecule has 1 fully saturated rings. The molecule has 0 saturated carbocycles. The number of carbonyl (C=O) groups excluding carboxylic acids is 1. The second-order valence-corrected chi connectivity index (χ2v) is 10.7. The van der Waals surface area contributed by atoms with E-state index in [1.54, 1.807) is 11.3 Å². The summed E-state index contributed by atoms with van der Waals surface area (Å²) in [6, 6.07) is 16.0. The number of nitrogen functional groups attached to an aromatic ring is 1. The van der Waals surface area contributed by atoms with Gasteiger partial charge in [0.15, 0.2) is 5.13 Å². The Labute approximate surface area is 220 Å². The number of morpholine rings is 1. The molecule has 0 unspecified atom stereocenters. The number of thiazole rings is 1. The van der Waals surface area contributed by atoms with E-state index in [0.717, 1.165) is 73.6 Å². The SMILES string of the molecule is Nc1ccc(-c2cnn(Cc3cccc(C(=O)Nc4nc5c(s4)C[C@@H](N4CCOCC4)CC5)c3)c2)cc1. The van der Waals surface area contributed by atoms with Crippen LogP contribution < -0.4 is 11.1 Å². The number of ether oxygens (including phenoxy) is 1. The number of anilines is 2. The van der Waals surface area contributed by atoms with E-state index in [1.165, 1.54) is 4.88 Å². The maximum Gasteiger partial charge on any atom is 0.257 e. The van der Waals surface area contributed by atoms with E-state index < -0.39 is 0 Å². The van der Waals surface area contributed by atoms with Gasteiger partial charge in [0.2, 0.25) is 0 Å². The number of nitrogens with one attached hydrogen (secondary N) is 1. The van der Waals surface area contributed by atoms with Gasteiger partial charge in [-0.3, -0.25) is 19.7 Å². The molecule has 37 heavy (non-hydrogen) atoms. The Kier molecular flexibility index (Phi) is 6.73. The predicted octanol–water partition coefficient (Wildman–Crippen LogP) is 4.08. The van der Waals surface area contributed by atoms with Crippen LogP contribution in [-0.2, 0) is 24.1 Å². The molecule has 3 N–H and O–H groups in total. The average molecular weight is 515 g/mol. The summed E-state index contributed by atoms with van der Waals surface area (Å²) < 4.78 is 7.38. The lowest BCUT2D eigenvalue weighted by atomic mass is 9.96. The fourth-order valence-corrected chi connectivity index (χ4v) is 6.18. The van der Waals surface area contributed by atoms with Crippen LogP contribution in [0.15, 0.2) is 60.9 Å². The molecule has 6 rings (SSSR count). The molecule has 0 radical (unpaired) electrons. The number of hydrogen-bond acceptors (Lipinski definition) is 7. The first-order valence-electron chi connectivity index (χ1n) is 12.7. The van der Waals surface area contributed by atoms with Crippen molar-refractivity contribution in [2.45, 2.75) is 31.8 Å². The molecule has 4 aromatic rings. The van der Waals surface area contributed by atoms with Crippen molar-refractivity contribution in [2.24, 2.45) is 0 Å². The highest BCUT2D eigenvalue weighted by atomic mass is 32.1. The monoisotopic (exact) mass is 514 g/mol. The molecule has 2 aliphatic rings. The minimum absolute atomic E-state index is 0.138. The first kappa shape index (κ1) is 23.8. The van der Waals surface area contributed by atoms with Crippen molar-refractivity contribution in [3.8, 4) is 11.1 Å². The standard InChI is InChI=1S/C28H30N6O2S/c29-23-6-4-20(5-7-23)22-16-30-34(18-22)17-19-2-1-3-21(14-19)27(35)32-28-31-25-9-8-24(15-26(25)37-28)33-10-12-36-13-11-33/h1-7,14,16,18,24H,8-13,15,17,29H2,(H,31,32,35)/t24-/m0/s1. The highest BCUT2D eigenvalue weighted by Crippen LogP contribution is 2.32. The normalized spacial score (nSPS) is 17.9. The average Bonchev–Trinajstić information content (AvgIpc) is 3.56. The highest BCUT2D eigenvalue weighted by Gasteiger charge is 2.28. The Morgan fingerprint density at radius 3 is 2.81 bits per heavy atom. The Hall–Kier alpha value is -3.53. The summed E-state index contributed by atoms with van der Waals surface area (Å²) in [7, 11) is 0. The van der Waals surface area contributed by atoms with Gasteiger partial charge in [0.05, 0.1) is 31.6 Å². The van der Waals surface area contributed by atoms with Crippen molar-refractivity contribution < 1.29 is 9.53 Å². The molecule has 1 aliphatic heterocycles. The van der Waals surface area contributed by atoms with Crippen LogP contribution in [0, 0.1) is 0 Å². The van der Waals surface area contributed by atoms with Crippen LogP contribution in [0.25, 0.3) is 11.1 Å². The number of nitrogens with two attached hydrogens (primary N) is 1. The van der Waals surface area contributed by atoms with E-state index >= 15 is 0 Å². The molecule has 1 saturated heterocycles. The molecule has 190 valence electrons. The van der Waals surface area contributed by atoms with Crippen molar-refractivity contribution in [3.05, 3.63) is 82.6 Å². The molecule has 2 aromatic carbocycles. The van der Waals surface area contributed by atoms with Gasteiger partial charge in [-0.15, -0.1) is 11.3 Å². The summed E-state index contributed by atoms with van der Waals surface area (Å²) in [5, 5.41) is 8.21. The van der Waals surface area contributed by atoms with Crippen molar-refractivity contribution in [1.29, 1.82) is 0 Å². The zero-order valence-corrected chi connectivity index (χ0v) is 21.4. The summed E-state index contributed by atoms with van der Waals surface area (Å²) in [5.74, 6) is -0.138. The number of hydrogen-bond donors (Lipinski definition) is 2. The number of aromatic nitrogens is 3. The first-order chi connectivity index (χ1) is 18.1. The van der Waals surface area contributed by atoms with Crippen LogP contribution in [-0.4, -0.2) is 57.9 Å². The topological polar surface area (TPSA) is 98.3 Å². The van der Waals surface area contributed by atoms with E-state index in [4.69, 9.17) is 15.5 Å². The number of amides is 1. The van der Waals surface area contributed by atoms with E-state index in [1.807, 2.05) is 65.6 Å². The number of fused-ring (bicyclic) bond motifs is 1. The van der Waals surface area contributed by atoms with E-state index in [9.17, 15) is 4.79 Å². The van der Waals surface area contributed by atoms with Crippen molar-refractivity contribution >= 4 is 28.1 Å². The smallest absolute Gasteiger partial charge is 0.257 e. The second kappa shape index (κ2) is 10.5. The lowest BCUT2D eigenvalue weighted by Crippen LogP contribution is -2.45. The van der Waals surface area contributed by atoms with Crippen LogP contribution in [0.5, 0.6) is 0 Å². The summed E-state index contributed by atoms with van der Waals surface area (Å²) in [4.78, 5) is 21.6. The summed E-state index contributed by atoms with van der Waals surface area (Å²) >= 11 is 1.61. The first-order valence-corrected chi connectivity index (χ1v) is 13.5.